The van der Waals surface area contributed by atoms with Crippen LogP contribution in [0.4, 0.5) is 5.13 Å². The van der Waals surface area contributed by atoms with E-state index in [9.17, 15) is 19.2 Å². The van der Waals surface area contributed by atoms with Crippen molar-refractivity contribution in [3.8, 4) is 0 Å². The highest BCUT2D eigenvalue weighted by Crippen LogP contribution is 2.16. The van der Waals surface area contributed by atoms with E-state index in [2.05, 4.69) is 20.3 Å². The fourth-order valence-electron chi connectivity index (χ4n) is 1.97. The number of carbonyl (C=O) groups excluding carboxylic acids is 2. The second kappa shape index (κ2) is 7.01. The molecule has 0 aliphatic heterocycles. The van der Waals surface area contributed by atoms with Crippen LogP contribution in [0.15, 0.2) is 15.0 Å². The van der Waals surface area contributed by atoms with Crippen molar-refractivity contribution < 1.29 is 9.59 Å². The van der Waals surface area contributed by atoms with Gasteiger partial charge in [-0.15, -0.1) is 11.3 Å². The molecule has 0 saturated heterocycles. The average molecular weight is 337 g/mol. The Morgan fingerprint density at radius 1 is 1.35 bits per heavy atom. The van der Waals surface area contributed by atoms with E-state index in [1.807, 2.05) is 0 Å². The van der Waals surface area contributed by atoms with Crippen LogP contribution in [0.1, 0.15) is 23.4 Å². The Kier molecular flexibility index (Phi) is 5.06. The molecule has 0 aliphatic carbocycles. The summed E-state index contributed by atoms with van der Waals surface area (Å²) in [7, 11) is 0. The third kappa shape index (κ3) is 4.61. The number of amides is 2. The van der Waals surface area contributed by atoms with E-state index in [1.54, 1.807) is 12.3 Å². The van der Waals surface area contributed by atoms with Gasteiger partial charge in [-0.05, 0) is 13.3 Å². The summed E-state index contributed by atoms with van der Waals surface area (Å²) in [5.74, 6) is -0.823. The summed E-state index contributed by atoms with van der Waals surface area (Å²) in [5.41, 5.74) is 5.27. The molecule has 2 amide bonds. The van der Waals surface area contributed by atoms with Crippen molar-refractivity contribution in [3.05, 3.63) is 43.2 Å². The molecule has 0 radical (unpaired) electrons. The molecule has 2 heterocycles. The maximum absolute atomic E-state index is 11.9. The van der Waals surface area contributed by atoms with Crippen LogP contribution in [0.2, 0.25) is 0 Å². The van der Waals surface area contributed by atoms with Crippen LogP contribution >= 0.6 is 11.3 Å². The van der Waals surface area contributed by atoms with Gasteiger partial charge in [0.25, 0.3) is 5.56 Å². The first-order valence-electron chi connectivity index (χ1n) is 6.70. The number of anilines is 1. The van der Waals surface area contributed by atoms with E-state index in [-0.39, 0.29) is 25.2 Å². The molecule has 0 spiro atoms. The quantitative estimate of drug-likeness (QED) is 0.556. The summed E-state index contributed by atoms with van der Waals surface area (Å²) in [6.45, 7) is 1.60. The molecule has 122 valence electrons. The van der Waals surface area contributed by atoms with Gasteiger partial charge in [-0.25, -0.2) is 9.78 Å². The first kappa shape index (κ1) is 16.6. The molecule has 0 aliphatic rings. The molecule has 2 rings (SSSR count). The van der Waals surface area contributed by atoms with Crippen LogP contribution in [-0.2, 0) is 22.4 Å². The van der Waals surface area contributed by atoms with Gasteiger partial charge in [0.15, 0.2) is 5.13 Å². The highest BCUT2D eigenvalue weighted by molar-refractivity contribution is 7.13. The van der Waals surface area contributed by atoms with Crippen LogP contribution < -0.4 is 22.3 Å². The number of nitrogens with one attached hydrogen (secondary N) is 3. The molecular formula is C13H15N5O4S. The molecule has 0 aromatic carbocycles. The Morgan fingerprint density at radius 2 is 2.09 bits per heavy atom. The third-order valence-electron chi connectivity index (χ3n) is 3.01. The van der Waals surface area contributed by atoms with Crippen LogP contribution in [0.3, 0.4) is 0 Å². The average Bonchev–Trinajstić information content (AvgIpc) is 2.83. The molecule has 9 nitrogen and oxygen atoms in total. The molecule has 0 saturated carbocycles. The molecule has 5 N–H and O–H groups in total. The largest absolute Gasteiger partial charge is 0.369 e. The number of aromatic nitrogens is 3. The number of nitrogens with zero attached hydrogens (tertiary/aromatic N) is 1. The van der Waals surface area contributed by atoms with E-state index in [1.165, 1.54) is 11.3 Å². The number of H-pyrrole nitrogens is 2. The zero-order valence-electron chi connectivity index (χ0n) is 12.3. The van der Waals surface area contributed by atoms with Gasteiger partial charge in [0.1, 0.15) is 0 Å². The topological polar surface area (TPSA) is 151 Å². The number of hydrogen-bond donors (Lipinski definition) is 4. The standard InChI is InChI=1S/C13H15N5O4S/c1-6-8(11(21)18-12(22)15-6)2-3-10(20)17-13-16-7(5-23-13)4-9(14)19/h5H,2-4H2,1H3,(H2,14,19)(H,16,17,20)(H2,15,18,21,22). The van der Waals surface area contributed by atoms with Gasteiger partial charge < -0.3 is 16.0 Å². The minimum atomic E-state index is -0.578. The van der Waals surface area contributed by atoms with E-state index >= 15 is 0 Å². The highest BCUT2D eigenvalue weighted by Gasteiger charge is 2.11. The highest BCUT2D eigenvalue weighted by atomic mass is 32.1. The minimum Gasteiger partial charge on any atom is -0.369 e. The predicted molar refractivity (Wildman–Crippen MR) is 84.4 cm³/mol. The van der Waals surface area contributed by atoms with E-state index in [0.717, 1.165) is 0 Å². The van der Waals surface area contributed by atoms with Crippen molar-refractivity contribution in [1.82, 2.24) is 15.0 Å². The van der Waals surface area contributed by atoms with E-state index < -0.39 is 17.2 Å². The normalized spacial score (nSPS) is 10.5. The maximum atomic E-state index is 11.9. The van der Waals surface area contributed by atoms with Crippen LogP contribution in [0.25, 0.3) is 0 Å². The van der Waals surface area contributed by atoms with Gasteiger partial charge in [-0.3, -0.25) is 19.4 Å². The predicted octanol–water partition coefficient (Wildman–Crippen LogP) is -0.573. The first-order chi connectivity index (χ1) is 10.8. The molecular weight excluding hydrogens is 322 g/mol. The fourth-order valence-corrected chi connectivity index (χ4v) is 2.70. The number of primary amides is 1. The molecule has 0 unspecified atom stereocenters. The Hall–Kier alpha value is -2.75. The van der Waals surface area contributed by atoms with Crippen LogP contribution in [-0.4, -0.2) is 26.8 Å². The second-order valence-electron chi connectivity index (χ2n) is 4.85. The number of rotatable bonds is 6. The third-order valence-corrected chi connectivity index (χ3v) is 3.82. The summed E-state index contributed by atoms with van der Waals surface area (Å²) in [6, 6.07) is 0. The SMILES string of the molecule is Cc1[nH]c(=O)[nH]c(=O)c1CCC(=O)Nc1nc(CC(N)=O)cs1. The summed E-state index contributed by atoms with van der Waals surface area (Å²) in [6.07, 6.45) is 0.252. The zero-order valence-corrected chi connectivity index (χ0v) is 13.1. The number of aromatic amines is 2. The number of aryl methyl sites for hydroxylation is 1. The lowest BCUT2D eigenvalue weighted by Gasteiger charge is -2.04. The zero-order chi connectivity index (χ0) is 17.0. The summed E-state index contributed by atoms with van der Waals surface area (Å²) in [4.78, 5) is 54.1. The molecule has 2 aromatic heterocycles. The van der Waals surface area contributed by atoms with Crippen molar-refractivity contribution >= 4 is 28.3 Å². The summed E-state index contributed by atoms with van der Waals surface area (Å²) in [5, 5.41) is 4.58. The monoisotopic (exact) mass is 337 g/mol. The van der Waals surface area contributed by atoms with Gasteiger partial charge in [-0.1, -0.05) is 0 Å². The fraction of sp³-hybridized carbons (Fsp3) is 0.308. The lowest BCUT2D eigenvalue weighted by atomic mass is 10.1. The maximum Gasteiger partial charge on any atom is 0.325 e. The summed E-state index contributed by atoms with van der Waals surface area (Å²) < 4.78 is 0. The Bertz CT molecular complexity index is 851. The Morgan fingerprint density at radius 3 is 2.74 bits per heavy atom. The molecule has 0 atom stereocenters. The Balaban J connectivity index is 1.95. The lowest BCUT2D eigenvalue weighted by Crippen LogP contribution is -2.27. The molecule has 10 heteroatoms. The molecule has 2 aromatic rings. The van der Waals surface area contributed by atoms with E-state index in [0.29, 0.717) is 22.1 Å². The number of nitrogens with two attached hydrogens (primary N) is 1. The Labute approximate surface area is 134 Å². The van der Waals surface area contributed by atoms with Crippen molar-refractivity contribution in [2.75, 3.05) is 5.32 Å². The molecule has 0 fully saturated rings. The molecule has 0 bridgehead atoms. The van der Waals surface area contributed by atoms with Crippen molar-refractivity contribution in [3.63, 3.8) is 0 Å². The van der Waals surface area contributed by atoms with Gasteiger partial charge in [0, 0.05) is 23.1 Å². The van der Waals surface area contributed by atoms with Gasteiger partial charge in [0.05, 0.1) is 12.1 Å². The first-order valence-corrected chi connectivity index (χ1v) is 7.57. The molecule has 23 heavy (non-hydrogen) atoms. The van der Waals surface area contributed by atoms with Crippen LogP contribution in [0.5, 0.6) is 0 Å². The minimum absolute atomic E-state index is 0.0122. The van der Waals surface area contributed by atoms with Gasteiger partial charge in [0.2, 0.25) is 11.8 Å². The van der Waals surface area contributed by atoms with Gasteiger partial charge in [-0.2, -0.15) is 0 Å². The smallest absolute Gasteiger partial charge is 0.325 e. The number of thiazole rings is 1. The summed E-state index contributed by atoms with van der Waals surface area (Å²) >= 11 is 1.18. The van der Waals surface area contributed by atoms with Crippen molar-refractivity contribution in [2.45, 2.75) is 26.2 Å². The van der Waals surface area contributed by atoms with Crippen LogP contribution in [0, 0.1) is 6.92 Å². The number of carbonyl (C=O) groups is 2. The van der Waals surface area contributed by atoms with Crippen molar-refractivity contribution in [1.29, 1.82) is 0 Å². The number of hydrogen-bond acceptors (Lipinski definition) is 6. The van der Waals surface area contributed by atoms with E-state index in [4.69, 9.17) is 5.73 Å². The lowest BCUT2D eigenvalue weighted by molar-refractivity contribution is -0.117. The van der Waals surface area contributed by atoms with Gasteiger partial charge >= 0.3 is 5.69 Å². The van der Waals surface area contributed by atoms with Crippen molar-refractivity contribution in [2.24, 2.45) is 5.73 Å². The second-order valence-corrected chi connectivity index (χ2v) is 5.71.